The Kier molecular flexibility index (Phi) is 2.82. The molecule has 0 atom stereocenters. The van der Waals surface area contributed by atoms with E-state index < -0.39 is 11.8 Å². The largest absolute Gasteiger partial charge is 0.366 e. The highest BCUT2D eigenvalue weighted by molar-refractivity contribution is 5.97. The van der Waals surface area contributed by atoms with Crippen LogP contribution in [0.2, 0.25) is 0 Å². The number of hydrogen-bond donors (Lipinski definition) is 2. The minimum absolute atomic E-state index is 0.302. The van der Waals surface area contributed by atoms with Crippen molar-refractivity contribution in [3.63, 3.8) is 0 Å². The summed E-state index contributed by atoms with van der Waals surface area (Å²) in [6.07, 6.45) is 1.51. The van der Waals surface area contributed by atoms with Crippen molar-refractivity contribution in [2.45, 2.75) is 0 Å². The van der Waals surface area contributed by atoms with Crippen molar-refractivity contribution >= 4 is 11.8 Å². The Morgan fingerprint density at radius 1 is 1.21 bits per heavy atom. The van der Waals surface area contributed by atoms with Gasteiger partial charge in [0, 0.05) is 11.1 Å². The highest BCUT2D eigenvalue weighted by Crippen LogP contribution is 2.03. The lowest BCUT2D eigenvalue weighted by molar-refractivity contribution is 0.0968. The van der Waals surface area contributed by atoms with E-state index >= 15 is 0 Å². The molecule has 2 amide bonds. The van der Waals surface area contributed by atoms with Gasteiger partial charge in [-0.25, -0.2) is 0 Å². The quantitative estimate of drug-likeness (QED) is 0.506. The van der Waals surface area contributed by atoms with Crippen molar-refractivity contribution in [1.82, 2.24) is 5.32 Å². The summed E-state index contributed by atoms with van der Waals surface area (Å²) in [4.78, 5) is 21.8. The standard InChI is InChI=1S/C9H7N3O2/c10-5-12-9(14)7-3-1-6(2-4-7)8(11)13/h1-4H,(H2,11,13)(H,12,14). The van der Waals surface area contributed by atoms with E-state index in [1.807, 2.05) is 5.32 Å². The Hall–Kier alpha value is -2.35. The molecule has 0 aliphatic carbocycles. The van der Waals surface area contributed by atoms with Crippen molar-refractivity contribution in [2.75, 3.05) is 0 Å². The van der Waals surface area contributed by atoms with Gasteiger partial charge in [0.2, 0.25) is 5.91 Å². The van der Waals surface area contributed by atoms with E-state index in [-0.39, 0.29) is 0 Å². The van der Waals surface area contributed by atoms with Crippen LogP contribution in [0.25, 0.3) is 0 Å². The zero-order valence-electron chi connectivity index (χ0n) is 7.15. The number of benzene rings is 1. The SMILES string of the molecule is N#CNC(=O)c1ccc(C(N)=O)cc1. The van der Waals surface area contributed by atoms with Crippen LogP contribution in [0.3, 0.4) is 0 Å². The highest BCUT2D eigenvalue weighted by Gasteiger charge is 2.05. The lowest BCUT2D eigenvalue weighted by Gasteiger charge is -1.98. The molecule has 0 bridgehead atoms. The predicted octanol–water partition coefficient (Wildman–Crippen LogP) is -0.00362. The Balaban J connectivity index is 2.89. The smallest absolute Gasteiger partial charge is 0.264 e. The number of amides is 2. The van der Waals surface area contributed by atoms with Gasteiger partial charge in [-0.15, -0.1) is 0 Å². The van der Waals surface area contributed by atoms with E-state index in [1.165, 1.54) is 30.5 Å². The number of nitriles is 1. The van der Waals surface area contributed by atoms with Crippen LogP contribution in [0.5, 0.6) is 0 Å². The molecule has 0 saturated carbocycles. The van der Waals surface area contributed by atoms with Crippen molar-refractivity contribution in [2.24, 2.45) is 5.73 Å². The van der Waals surface area contributed by atoms with Crippen molar-refractivity contribution in [1.29, 1.82) is 5.26 Å². The highest BCUT2D eigenvalue weighted by atomic mass is 16.2. The minimum Gasteiger partial charge on any atom is -0.366 e. The molecule has 0 saturated heterocycles. The fraction of sp³-hybridized carbons (Fsp3) is 0. The van der Waals surface area contributed by atoms with Gasteiger partial charge in [0.15, 0.2) is 6.19 Å². The summed E-state index contributed by atoms with van der Waals surface area (Å²) in [6, 6.07) is 5.70. The summed E-state index contributed by atoms with van der Waals surface area (Å²) >= 11 is 0. The molecule has 5 heteroatoms. The van der Waals surface area contributed by atoms with Crippen LogP contribution in [0.1, 0.15) is 20.7 Å². The number of nitrogens with one attached hydrogen (secondary N) is 1. The summed E-state index contributed by atoms with van der Waals surface area (Å²) in [7, 11) is 0. The van der Waals surface area contributed by atoms with Gasteiger partial charge in [-0.3, -0.25) is 14.9 Å². The van der Waals surface area contributed by atoms with Crippen LogP contribution >= 0.6 is 0 Å². The molecule has 1 rings (SSSR count). The molecular formula is C9H7N3O2. The first-order valence-corrected chi connectivity index (χ1v) is 3.74. The zero-order valence-corrected chi connectivity index (χ0v) is 7.15. The summed E-state index contributed by atoms with van der Waals surface area (Å²) in [5.74, 6) is -1.07. The molecule has 70 valence electrons. The molecule has 0 aliphatic rings. The molecule has 1 aromatic rings. The second-order valence-corrected chi connectivity index (χ2v) is 2.51. The number of rotatable bonds is 2. The molecule has 0 heterocycles. The maximum Gasteiger partial charge on any atom is 0.264 e. The van der Waals surface area contributed by atoms with Crippen LogP contribution in [0.15, 0.2) is 24.3 Å². The van der Waals surface area contributed by atoms with Gasteiger partial charge >= 0.3 is 0 Å². The molecule has 0 radical (unpaired) electrons. The Labute approximate surface area is 80.1 Å². The monoisotopic (exact) mass is 189 g/mol. The fourth-order valence-electron chi connectivity index (χ4n) is 0.909. The molecule has 0 unspecified atom stereocenters. The van der Waals surface area contributed by atoms with Gasteiger partial charge in [-0.05, 0) is 24.3 Å². The predicted molar refractivity (Wildman–Crippen MR) is 48.0 cm³/mol. The molecule has 5 nitrogen and oxygen atoms in total. The summed E-state index contributed by atoms with van der Waals surface area (Å²) in [5.41, 5.74) is 5.63. The Bertz CT molecular complexity index is 403. The third-order valence-corrected chi connectivity index (χ3v) is 1.60. The molecule has 0 aliphatic heterocycles. The normalized spacial score (nSPS) is 8.79. The molecule has 0 aromatic heterocycles. The van der Waals surface area contributed by atoms with Gasteiger partial charge < -0.3 is 5.73 Å². The number of nitrogens with two attached hydrogens (primary N) is 1. The first-order valence-electron chi connectivity index (χ1n) is 3.74. The van der Waals surface area contributed by atoms with Crippen LogP contribution in [0.4, 0.5) is 0 Å². The first-order chi connectivity index (χ1) is 6.65. The van der Waals surface area contributed by atoms with Crippen LogP contribution in [-0.2, 0) is 0 Å². The molecule has 3 N–H and O–H groups in total. The third kappa shape index (κ3) is 2.08. The fourth-order valence-corrected chi connectivity index (χ4v) is 0.909. The molecular weight excluding hydrogens is 182 g/mol. The van der Waals surface area contributed by atoms with Crippen LogP contribution < -0.4 is 11.1 Å². The number of carbonyl (C=O) groups is 2. The minimum atomic E-state index is -0.558. The van der Waals surface area contributed by atoms with E-state index in [9.17, 15) is 9.59 Å². The van der Waals surface area contributed by atoms with Crippen LogP contribution in [0, 0.1) is 11.5 Å². The summed E-state index contributed by atoms with van der Waals surface area (Å²) < 4.78 is 0. The van der Waals surface area contributed by atoms with E-state index in [0.717, 1.165) is 0 Å². The van der Waals surface area contributed by atoms with Gasteiger partial charge in [-0.2, -0.15) is 5.26 Å². The zero-order chi connectivity index (χ0) is 10.6. The molecule has 0 fully saturated rings. The number of carbonyl (C=O) groups excluding carboxylic acids is 2. The first kappa shape index (κ1) is 9.74. The number of primary amides is 1. The Morgan fingerprint density at radius 2 is 1.71 bits per heavy atom. The lowest BCUT2D eigenvalue weighted by Crippen LogP contribution is -2.17. The van der Waals surface area contributed by atoms with Crippen LogP contribution in [-0.4, -0.2) is 11.8 Å². The van der Waals surface area contributed by atoms with Crippen molar-refractivity contribution in [3.05, 3.63) is 35.4 Å². The second kappa shape index (κ2) is 4.05. The average molecular weight is 189 g/mol. The van der Waals surface area contributed by atoms with E-state index in [2.05, 4.69) is 0 Å². The van der Waals surface area contributed by atoms with E-state index in [4.69, 9.17) is 11.0 Å². The maximum atomic E-state index is 11.1. The maximum absolute atomic E-state index is 11.1. The van der Waals surface area contributed by atoms with Crippen molar-refractivity contribution in [3.8, 4) is 6.19 Å². The lowest BCUT2D eigenvalue weighted by atomic mass is 10.1. The third-order valence-electron chi connectivity index (χ3n) is 1.60. The van der Waals surface area contributed by atoms with Gasteiger partial charge in [0.1, 0.15) is 0 Å². The molecule has 1 aromatic carbocycles. The van der Waals surface area contributed by atoms with Gasteiger partial charge in [-0.1, -0.05) is 0 Å². The second-order valence-electron chi connectivity index (χ2n) is 2.51. The van der Waals surface area contributed by atoms with E-state index in [0.29, 0.717) is 11.1 Å². The Morgan fingerprint density at radius 3 is 2.14 bits per heavy atom. The average Bonchev–Trinajstić information content (AvgIpc) is 2.18. The van der Waals surface area contributed by atoms with Crippen molar-refractivity contribution < 1.29 is 9.59 Å². The summed E-state index contributed by atoms with van der Waals surface area (Å²) in [5, 5.41) is 10.1. The molecule has 0 spiro atoms. The molecule has 14 heavy (non-hydrogen) atoms. The number of hydrogen-bond acceptors (Lipinski definition) is 3. The topological polar surface area (TPSA) is 96.0 Å². The van der Waals surface area contributed by atoms with Gasteiger partial charge in [0.25, 0.3) is 5.91 Å². The van der Waals surface area contributed by atoms with Gasteiger partial charge in [0.05, 0.1) is 0 Å². The van der Waals surface area contributed by atoms with E-state index in [1.54, 1.807) is 0 Å². The summed E-state index contributed by atoms with van der Waals surface area (Å²) in [6.45, 7) is 0. The number of nitrogens with zero attached hydrogens (tertiary/aromatic N) is 1.